The van der Waals surface area contributed by atoms with E-state index in [1.807, 2.05) is 25.1 Å². The van der Waals surface area contributed by atoms with Gasteiger partial charge >= 0.3 is 5.97 Å². The van der Waals surface area contributed by atoms with Crippen molar-refractivity contribution in [1.29, 1.82) is 0 Å². The van der Waals surface area contributed by atoms with Crippen molar-refractivity contribution in [3.63, 3.8) is 0 Å². The number of thioether (sulfide) groups is 1. The van der Waals surface area contributed by atoms with Crippen LogP contribution in [0.25, 0.3) is 0 Å². The normalized spacial score (nSPS) is 12.4. The summed E-state index contributed by atoms with van der Waals surface area (Å²) in [5.41, 5.74) is 0. The van der Waals surface area contributed by atoms with E-state index in [1.165, 1.54) is 11.8 Å². The molecular formula is C10H13NO2S. The molecule has 3 nitrogen and oxygen atoms in total. The zero-order valence-corrected chi connectivity index (χ0v) is 8.83. The van der Waals surface area contributed by atoms with Crippen LogP contribution in [0.5, 0.6) is 0 Å². The maximum absolute atomic E-state index is 10.5. The first-order valence-electron chi connectivity index (χ1n) is 4.52. The predicted octanol–water partition coefficient (Wildman–Crippen LogP) is 2.43. The molecule has 1 unspecified atom stereocenters. The number of nitrogens with zero attached hydrogens (tertiary/aromatic N) is 1. The largest absolute Gasteiger partial charge is 0.481 e. The van der Waals surface area contributed by atoms with Gasteiger partial charge in [-0.15, -0.1) is 11.8 Å². The van der Waals surface area contributed by atoms with Crippen LogP contribution in [0.4, 0.5) is 0 Å². The van der Waals surface area contributed by atoms with Crippen LogP contribution in [0.15, 0.2) is 29.4 Å². The first kappa shape index (κ1) is 11.0. The van der Waals surface area contributed by atoms with E-state index in [9.17, 15) is 4.79 Å². The fourth-order valence-corrected chi connectivity index (χ4v) is 2.06. The third kappa shape index (κ3) is 3.79. The molecule has 0 radical (unpaired) electrons. The van der Waals surface area contributed by atoms with Crippen LogP contribution < -0.4 is 0 Å². The van der Waals surface area contributed by atoms with Crippen molar-refractivity contribution in [2.75, 3.05) is 0 Å². The summed E-state index contributed by atoms with van der Waals surface area (Å²) >= 11 is 1.53. The van der Waals surface area contributed by atoms with Gasteiger partial charge in [0.05, 0.1) is 11.4 Å². The zero-order chi connectivity index (χ0) is 10.4. The van der Waals surface area contributed by atoms with Gasteiger partial charge in [-0.2, -0.15) is 0 Å². The molecule has 0 amide bonds. The van der Waals surface area contributed by atoms with Crippen molar-refractivity contribution in [3.05, 3.63) is 24.4 Å². The Kier molecular flexibility index (Phi) is 4.46. The smallest absolute Gasteiger partial charge is 0.304 e. The van der Waals surface area contributed by atoms with E-state index in [1.54, 1.807) is 6.20 Å². The molecule has 0 aliphatic heterocycles. The molecule has 0 aliphatic rings. The molecule has 4 heteroatoms. The maximum Gasteiger partial charge on any atom is 0.304 e. The first-order chi connectivity index (χ1) is 6.72. The summed E-state index contributed by atoms with van der Waals surface area (Å²) in [5.74, 6) is -0.750. The lowest BCUT2D eigenvalue weighted by atomic mass is 10.2. The topological polar surface area (TPSA) is 50.2 Å². The van der Waals surface area contributed by atoms with Gasteiger partial charge in [-0.1, -0.05) is 13.0 Å². The van der Waals surface area contributed by atoms with Crippen LogP contribution in [0.1, 0.15) is 19.8 Å². The summed E-state index contributed by atoms with van der Waals surface area (Å²) in [6.45, 7) is 1.99. The lowest BCUT2D eigenvalue weighted by Gasteiger charge is -2.10. The van der Waals surface area contributed by atoms with Gasteiger partial charge in [0.1, 0.15) is 0 Å². The molecule has 1 rings (SSSR count). The predicted molar refractivity (Wildman–Crippen MR) is 56.4 cm³/mol. The molecule has 0 saturated carbocycles. The molecule has 0 aliphatic carbocycles. The molecule has 0 fully saturated rings. The number of hydrogen-bond acceptors (Lipinski definition) is 3. The Morgan fingerprint density at radius 2 is 2.43 bits per heavy atom. The molecule has 0 aromatic carbocycles. The van der Waals surface area contributed by atoms with Crippen molar-refractivity contribution in [3.8, 4) is 0 Å². The average Bonchev–Trinajstić information content (AvgIpc) is 2.17. The van der Waals surface area contributed by atoms with E-state index in [-0.39, 0.29) is 11.7 Å². The number of carboxylic acids is 1. The summed E-state index contributed by atoms with van der Waals surface area (Å²) in [4.78, 5) is 14.7. The van der Waals surface area contributed by atoms with E-state index >= 15 is 0 Å². The minimum absolute atomic E-state index is 0.113. The Morgan fingerprint density at radius 1 is 1.64 bits per heavy atom. The molecule has 0 spiro atoms. The molecule has 0 saturated heterocycles. The third-order valence-corrected chi connectivity index (χ3v) is 3.10. The molecular weight excluding hydrogens is 198 g/mol. The number of carbonyl (C=O) groups is 1. The first-order valence-corrected chi connectivity index (χ1v) is 5.39. The van der Waals surface area contributed by atoms with Gasteiger partial charge in [0.2, 0.25) is 0 Å². The van der Waals surface area contributed by atoms with Gasteiger partial charge in [0, 0.05) is 11.4 Å². The summed E-state index contributed by atoms with van der Waals surface area (Å²) in [7, 11) is 0. The van der Waals surface area contributed by atoms with E-state index < -0.39 is 5.97 Å². The van der Waals surface area contributed by atoms with Crippen molar-refractivity contribution >= 4 is 17.7 Å². The van der Waals surface area contributed by atoms with Gasteiger partial charge < -0.3 is 5.11 Å². The van der Waals surface area contributed by atoms with E-state index in [0.717, 1.165) is 11.4 Å². The van der Waals surface area contributed by atoms with Crippen molar-refractivity contribution < 1.29 is 9.90 Å². The number of aliphatic carboxylic acids is 1. The van der Waals surface area contributed by atoms with Crippen LogP contribution in [-0.2, 0) is 4.79 Å². The minimum atomic E-state index is -0.750. The minimum Gasteiger partial charge on any atom is -0.481 e. The van der Waals surface area contributed by atoms with Crippen LogP contribution >= 0.6 is 11.8 Å². The highest BCUT2D eigenvalue weighted by Gasteiger charge is 2.12. The van der Waals surface area contributed by atoms with Crippen LogP contribution in [0, 0.1) is 0 Å². The van der Waals surface area contributed by atoms with Crippen LogP contribution in [0.2, 0.25) is 0 Å². The number of rotatable bonds is 5. The Balaban J connectivity index is 2.53. The van der Waals surface area contributed by atoms with Gasteiger partial charge in [-0.25, -0.2) is 4.98 Å². The molecule has 0 bridgehead atoms. The van der Waals surface area contributed by atoms with E-state index in [0.29, 0.717) is 0 Å². The molecule has 14 heavy (non-hydrogen) atoms. The van der Waals surface area contributed by atoms with Gasteiger partial charge in [0.15, 0.2) is 0 Å². The maximum atomic E-state index is 10.5. The molecule has 1 heterocycles. The van der Waals surface area contributed by atoms with Crippen molar-refractivity contribution in [2.45, 2.75) is 30.0 Å². The summed E-state index contributed by atoms with van der Waals surface area (Å²) in [6.07, 6.45) is 2.75. The molecule has 76 valence electrons. The molecule has 1 aromatic rings. The van der Waals surface area contributed by atoms with Gasteiger partial charge in [-0.05, 0) is 18.6 Å². The molecule has 1 N–H and O–H groups in total. The van der Waals surface area contributed by atoms with Crippen molar-refractivity contribution in [2.24, 2.45) is 0 Å². The monoisotopic (exact) mass is 211 g/mol. The quantitative estimate of drug-likeness (QED) is 0.760. The van der Waals surface area contributed by atoms with E-state index in [2.05, 4.69) is 4.98 Å². The fraction of sp³-hybridized carbons (Fsp3) is 0.400. The average molecular weight is 211 g/mol. The summed E-state index contributed by atoms with van der Waals surface area (Å²) in [5, 5.41) is 9.66. The number of pyridine rings is 1. The number of hydrogen-bond donors (Lipinski definition) is 1. The van der Waals surface area contributed by atoms with Crippen LogP contribution in [-0.4, -0.2) is 21.3 Å². The SMILES string of the molecule is CCC(CC(=O)O)Sc1ccccn1. The highest BCUT2D eigenvalue weighted by atomic mass is 32.2. The lowest BCUT2D eigenvalue weighted by Crippen LogP contribution is -2.08. The molecule has 1 aromatic heterocycles. The Bertz CT molecular complexity index is 289. The second-order valence-electron chi connectivity index (χ2n) is 2.91. The Hall–Kier alpha value is -1.03. The zero-order valence-electron chi connectivity index (χ0n) is 8.01. The van der Waals surface area contributed by atoms with Crippen LogP contribution in [0.3, 0.4) is 0 Å². The summed E-state index contributed by atoms with van der Waals surface area (Å²) < 4.78 is 0. The Morgan fingerprint density at radius 3 is 2.93 bits per heavy atom. The third-order valence-electron chi connectivity index (χ3n) is 1.78. The fourth-order valence-electron chi connectivity index (χ4n) is 1.05. The number of aromatic nitrogens is 1. The summed E-state index contributed by atoms with van der Waals surface area (Å²) in [6, 6.07) is 5.65. The highest BCUT2D eigenvalue weighted by molar-refractivity contribution is 7.99. The molecule has 1 atom stereocenters. The second-order valence-corrected chi connectivity index (χ2v) is 4.23. The van der Waals surface area contributed by atoms with Gasteiger partial charge in [-0.3, -0.25) is 4.79 Å². The second kappa shape index (κ2) is 5.65. The van der Waals surface area contributed by atoms with Gasteiger partial charge in [0.25, 0.3) is 0 Å². The standard InChI is InChI=1S/C10H13NO2S/c1-2-8(7-10(12)13)14-9-5-3-4-6-11-9/h3-6,8H,2,7H2,1H3,(H,12,13). The van der Waals surface area contributed by atoms with E-state index in [4.69, 9.17) is 5.11 Å². The lowest BCUT2D eigenvalue weighted by molar-refractivity contribution is -0.136. The number of carboxylic acid groups (broad SMARTS) is 1. The highest BCUT2D eigenvalue weighted by Crippen LogP contribution is 2.25. The van der Waals surface area contributed by atoms with Crippen molar-refractivity contribution in [1.82, 2.24) is 4.98 Å². The Labute approximate surface area is 87.6 Å².